The molecule has 1 aromatic rings. The van der Waals surface area contributed by atoms with E-state index in [-0.39, 0.29) is 0 Å². The van der Waals surface area contributed by atoms with Crippen LogP contribution < -0.4 is 5.73 Å². The molecule has 2 bridgehead atoms. The third-order valence-corrected chi connectivity index (χ3v) is 3.79. The van der Waals surface area contributed by atoms with Crippen molar-refractivity contribution in [3.8, 4) is 0 Å². The summed E-state index contributed by atoms with van der Waals surface area (Å²) in [5, 5.41) is 0. The van der Waals surface area contributed by atoms with Gasteiger partial charge in [0.05, 0.1) is 6.54 Å². The molecule has 2 unspecified atom stereocenters. The summed E-state index contributed by atoms with van der Waals surface area (Å²) in [6, 6.07) is 2.59. The fourth-order valence-corrected chi connectivity index (χ4v) is 3.13. The van der Waals surface area contributed by atoms with Gasteiger partial charge in [-0.2, -0.15) is 0 Å². The zero-order chi connectivity index (χ0) is 11.1. The third-order valence-electron chi connectivity index (χ3n) is 3.79. The molecule has 86 valence electrons. The van der Waals surface area contributed by atoms with E-state index >= 15 is 0 Å². The summed E-state index contributed by atoms with van der Waals surface area (Å²) in [5.74, 6) is 2.39. The van der Waals surface area contributed by atoms with Crippen molar-refractivity contribution < 1.29 is 0 Å². The molecule has 1 aliphatic carbocycles. The Morgan fingerprint density at radius 3 is 2.94 bits per heavy atom. The first-order chi connectivity index (χ1) is 7.70. The largest absolute Gasteiger partial charge is 0.384 e. The summed E-state index contributed by atoms with van der Waals surface area (Å²) < 4.78 is 0. The Bertz CT molecular complexity index is 384. The van der Waals surface area contributed by atoms with Crippen LogP contribution in [0.2, 0.25) is 0 Å². The smallest absolute Gasteiger partial charge is 0.144 e. The van der Waals surface area contributed by atoms with E-state index in [4.69, 9.17) is 5.73 Å². The van der Waals surface area contributed by atoms with Gasteiger partial charge < -0.3 is 5.73 Å². The Kier molecular flexibility index (Phi) is 2.32. The molecule has 4 heteroatoms. The summed E-state index contributed by atoms with van der Waals surface area (Å²) >= 11 is 0. The lowest BCUT2D eigenvalue weighted by Gasteiger charge is -2.25. The fraction of sp³-hybridized carbons (Fsp3) is 0.667. The minimum atomic E-state index is 0.590. The average molecular weight is 218 g/mol. The van der Waals surface area contributed by atoms with E-state index in [0.29, 0.717) is 5.82 Å². The molecule has 1 aromatic heterocycles. The van der Waals surface area contributed by atoms with Crippen molar-refractivity contribution in [2.24, 2.45) is 5.92 Å². The first-order valence-corrected chi connectivity index (χ1v) is 6.05. The number of aromatic nitrogens is 2. The fourth-order valence-electron chi connectivity index (χ4n) is 3.13. The van der Waals surface area contributed by atoms with E-state index in [2.05, 4.69) is 14.9 Å². The molecular weight excluding hydrogens is 200 g/mol. The number of fused-ring (bicyclic) bond motifs is 2. The molecule has 0 radical (unpaired) electrons. The molecule has 2 fully saturated rings. The van der Waals surface area contributed by atoms with E-state index in [1.54, 1.807) is 0 Å². The summed E-state index contributed by atoms with van der Waals surface area (Å²) in [4.78, 5) is 11.3. The van der Waals surface area contributed by atoms with Crippen LogP contribution >= 0.6 is 0 Å². The van der Waals surface area contributed by atoms with Crippen LogP contribution in [0.15, 0.2) is 6.07 Å². The van der Waals surface area contributed by atoms with E-state index in [9.17, 15) is 0 Å². The number of nitrogens with zero attached hydrogens (tertiary/aromatic N) is 3. The SMILES string of the molecule is Cc1cc(N)nc(CN2CC3CCC2C3)n1. The minimum Gasteiger partial charge on any atom is -0.384 e. The van der Waals surface area contributed by atoms with E-state index < -0.39 is 0 Å². The van der Waals surface area contributed by atoms with Crippen LogP contribution in [-0.2, 0) is 6.54 Å². The maximum atomic E-state index is 5.74. The molecule has 1 aliphatic heterocycles. The maximum absolute atomic E-state index is 5.74. The van der Waals surface area contributed by atoms with Gasteiger partial charge in [-0.1, -0.05) is 0 Å². The van der Waals surface area contributed by atoms with Crippen molar-refractivity contribution in [1.29, 1.82) is 0 Å². The van der Waals surface area contributed by atoms with Crippen LogP contribution in [0.5, 0.6) is 0 Å². The second-order valence-corrected chi connectivity index (χ2v) is 5.11. The third kappa shape index (κ3) is 1.78. The molecule has 2 heterocycles. The number of likely N-dealkylation sites (tertiary alicyclic amines) is 1. The Morgan fingerprint density at radius 1 is 1.44 bits per heavy atom. The van der Waals surface area contributed by atoms with Gasteiger partial charge in [0.2, 0.25) is 0 Å². The van der Waals surface area contributed by atoms with Crippen molar-refractivity contribution in [2.45, 2.75) is 38.8 Å². The number of aryl methyl sites for hydroxylation is 1. The maximum Gasteiger partial charge on any atom is 0.144 e. The number of piperidine rings is 1. The molecule has 2 atom stereocenters. The molecule has 3 rings (SSSR count). The molecule has 2 aliphatic rings. The standard InChI is InChI=1S/C12H18N4/c1-8-4-11(13)15-12(14-8)7-16-6-9-2-3-10(16)5-9/h4,9-10H,2-3,5-7H2,1H3,(H2,13,14,15). The number of hydrogen-bond donors (Lipinski definition) is 1. The van der Waals surface area contributed by atoms with Gasteiger partial charge in [-0.25, -0.2) is 9.97 Å². The molecule has 0 amide bonds. The predicted molar refractivity (Wildman–Crippen MR) is 62.7 cm³/mol. The summed E-state index contributed by atoms with van der Waals surface area (Å²) in [6.07, 6.45) is 4.14. The van der Waals surface area contributed by atoms with Gasteiger partial charge in [0.1, 0.15) is 11.6 Å². The van der Waals surface area contributed by atoms with Crippen LogP contribution in [0.3, 0.4) is 0 Å². The normalized spacial score (nSPS) is 28.8. The summed E-state index contributed by atoms with van der Waals surface area (Å²) in [7, 11) is 0. The van der Waals surface area contributed by atoms with Crippen LogP contribution in [0.1, 0.15) is 30.8 Å². The second kappa shape index (κ2) is 3.70. The molecular formula is C12H18N4. The van der Waals surface area contributed by atoms with Gasteiger partial charge in [0.25, 0.3) is 0 Å². The average Bonchev–Trinajstić information content (AvgIpc) is 2.77. The van der Waals surface area contributed by atoms with Crippen LogP contribution in [-0.4, -0.2) is 27.5 Å². The molecule has 1 saturated carbocycles. The Balaban J connectivity index is 1.74. The van der Waals surface area contributed by atoms with Crippen LogP contribution in [0.25, 0.3) is 0 Å². The highest BCUT2D eigenvalue weighted by Gasteiger charge is 2.37. The predicted octanol–water partition coefficient (Wildman–Crippen LogP) is 1.35. The molecule has 16 heavy (non-hydrogen) atoms. The Hall–Kier alpha value is -1.16. The quantitative estimate of drug-likeness (QED) is 0.814. The van der Waals surface area contributed by atoms with Gasteiger partial charge >= 0.3 is 0 Å². The highest BCUT2D eigenvalue weighted by atomic mass is 15.2. The van der Waals surface area contributed by atoms with Gasteiger partial charge in [-0.15, -0.1) is 0 Å². The topological polar surface area (TPSA) is 55.0 Å². The van der Waals surface area contributed by atoms with Crippen molar-refractivity contribution >= 4 is 5.82 Å². The number of hydrogen-bond acceptors (Lipinski definition) is 4. The Morgan fingerprint density at radius 2 is 2.31 bits per heavy atom. The van der Waals surface area contributed by atoms with E-state index in [0.717, 1.165) is 30.0 Å². The van der Waals surface area contributed by atoms with E-state index in [1.165, 1.54) is 25.8 Å². The first-order valence-electron chi connectivity index (χ1n) is 6.05. The molecule has 4 nitrogen and oxygen atoms in total. The summed E-state index contributed by atoms with van der Waals surface area (Å²) in [6.45, 7) is 4.06. The van der Waals surface area contributed by atoms with Crippen LogP contribution in [0, 0.1) is 12.8 Å². The zero-order valence-corrected chi connectivity index (χ0v) is 9.69. The highest BCUT2D eigenvalue weighted by Crippen LogP contribution is 2.37. The Labute approximate surface area is 95.9 Å². The van der Waals surface area contributed by atoms with Gasteiger partial charge in [0.15, 0.2) is 0 Å². The first kappa shape index (κ1) is 10.0. The molecule has 1 saturated heterocycles. The van der Waals surface area contributed by atoms with Crippen molar-refractivity contribution in [2.75, 3.05) is 12.3 Å². The lowest BCUT2D eigenvalue weighted by atomic mass is 10.1. The molecule has 0 spiro atoms. The number of nitrogen functional groups attached to an aromatic ring is 1. The van der Waals surface area contributed by atoms with Gasteiger partial charge in [0, 0.05) is 24.3 Å². The van der Waals surface area contributed by atoms with Crippen molar-refractivity contribution in [3.63, 3.8) is 0 Å². The van der Waals surface area contributed by atoms with Gasteiger partial charge in [-0.05, 0) is 32.1 Å². The summed E-state index contributed by atoms with van der Waals surface area (Å²) in [5.41, 5.74) is 6.70. The molecule has 0 aromatic carbocycles. The monoisotopic (exact) mass is 218 g/mol. The van der Waals surface area contributed by atoms with Gasteiger partial charge in [-0.3, -0.25) is 4.90 Å². The van der Waals surface area contributed by atoms with Crippen molar-refractivity contribution in [1.82, 2.24) is 14.9 Å². The van der Waals surface area contributed by atoms with E-state index in [1.807, 2.05) is 13.0 Å². The highest BCUT2D eigenvalue weighted by molar-refractivity contribution is 5.29. The van der Waals surface area contributed by atoms with Crippen molar-refractivity contribution in [3.05, 3.63) is 17.6 Å². The second-order valence-electron chi connectivity index (χ2n) is 5.11. The zero-order valence-electron chi connectivity index (χ0n) is 9.69. The number of nitrogens with two attached hydrogens (primary N) is 1. The minimum absolute atomic E-state index is 0.590. The number of anilines is 1. The lowest BCUT2D eigenvalue weighted by Crippen LogP contribution is -2.32. The lowest BCUT2D eigenvalue weighted by molar-refractivity contribution is 0.200. The van der Waals surface area contributed by atoms with Crippen LogP contribution in [0.4, 0.5) is 5.82 Å². The number of rotatable bonds is 2. The molecule has 2 N–H and O–H groups in total.